The number of hydrogen-bond donors (Lipinski definition) is 10. The molecule has 0 aromatic rings. The molecule has 0 bridgehead atoms. The van der Waals surface area contributed by atoms with Crippen LogP contribution >= 0.6 is 0 Å². The molecule has 61 heavy (non-hydrogen) atoms. The van der Waals surface area contributed by atoms with Gasteiger partial charge in [0, 0.05) is 6.42 Å². The molecule has 358 valence electrons. The van der Waals surface area contributed by atoms with Gasteiger partial charge in [0.05, 0.1) is 38.1 Å². The zero-order valence-electron chi connectivity index (χ0n) is 36.1. The fourth-order valence-electron chi connectivity index (χ4n) is 8.23. The highest BCUT2D eigenvalue weighted by Gasteiger charge is 2.54. The maximum Gasteiger partial charge on any atom is 0.305 e. The van der Waals surface area contributed by atoms with E-state index >= 15 is 0 Å². The highest BCUT2D eigenvalue weighted by atomic mass is 16.8. The molecule has 0 aliphatic carbocycles. The molecule has 10 N–H and O–H groups in total. The molecule has 4 fully saturated rings. The second-order valence-electron chi connectivity index (χ2n) is 16.9. The second-order valence-corrected chi connectivity index (χ2v) is 16.9. The molecule has 20 heteroatoms. The van der Waals surface area contributed by atoms with Crippen molar-refractivity contribution in [2.24, 2.45) is 0 Å². The topological polar surface area (TPSA) is 302 Å². The lowest BCUT2D eigenvalue weighted by Crippen LogP contribution is -2.66. The van der Waals surface area contributed by atoms with Crippen LogP contribution in [0.4, 0.5) is 0 Å². The number of aliphatic hydroxyl groups is 10. The van der Waals surface area contributed by atoms with Gasteiger partial charge in [0.2, 0.25) is 0 Å². The number of carbonyl (C=O) groups excluding carboxylic acids is 1. The number of rotatable bonds is 23. The Labute approximate surface area is 357 Å². The van der Waals surface area contributed by atoms with Gasteiger partial charge in [-0.3, -0.25) is 4.79 Å². The van der Waals surface area contributed by atoms with Gasteiger partial charge >= 0.3 is 5.97 Å². The first-order valence-corrected chi connectivity index (χ1v) is 22.1. The molecular weight excluding hydrogens is 812 g/mol. The largest absolute Gasteiger partial charge is 0.469 e. The van der Waals surface area contributed by atoms with Crippen LogP contribution in [-0.4, -0.2) is 200 Å². The molecule has 4 rings (SSSR count). The molecule has 21 atom stereocenters. The van der Waals surface area contributed by atoms with E-state index in [-0.39, 0.29) is 12.1 Å². The Kier molecular flexibility index (Phi) is 21.8. The van der Waals surface area contributed by atoms with Gasteiger partial charge in [0.25, 0.3) is 0 Å². The Morgan fingerprint density at radius 3 is 1.46 bits per heavy atom. The van der Waals surface area contributed by atoms with Crippen molar-refractivity contribution in [3.63, 3.8) is 0 Å². The first kappa shape index (κ1) is 52.4. The molecule has 0 unspecified atom stereocenters. The molecule has 4 saturated heterocycles. The molecule has 4 aliphatic heterocycles. The van der Waals surface area contributed by atoms with Crippen molar-refractivity contribution in [1.82, 2.24) is 0 Å². The highest BCUT2D eigenvalue weighted by molar-refractivity contribution is 5.68. The average Bonchev–Trinajstić information content (AvgIpc) is 3.24. The predicted molar refractivity (Wildman–Crippen MR) is 210 cm³/mol. The van der Waals surface area contributed by atoms with Gasteiger partial charge in [-0.2, -0.15) is 0 Å². The third-order valence-electron chi connectivity index (χ3n) is 12.2. The number of unbranched alkanes of at least 4 members (excludes halogenated alkanes) is 8. The monoisotopic (exact) mass is 886 g/mol. The summed E-state index contributed by atoms with van der Waals surface area (Å²) in [5.74, 6) is -0.202. The summed E-state index contributed by atoms with van der Waals surface area (Å²) in [6, 6.07) is 0. The average molecular weight is 887 g/mol. The van der Waals surface area contributed by atoms with E-state index in [4.69, 9.17) is 37.9 Å². The van der Waals surface area contributed by atoms with Crippen LogP contribution in [0.5, 0.6) is 0 Å². The van der Waals surface area contributed by atoms with Crippen LogP contribution in [0.1, 0.15) is 111 Å². The van der Waals surface area contributed by atoms with Crippen LogP contribution < -0.4 is 0 Å². The molecule has 4 aliphatic rings. The molecule has 0 aromatic carbocycles. The number of hydrogen-bond acceptors (Lipinski definition) is 20. The molecule has 4 heterocycles. The fourth-order valence-corrected chi connectivity index (χ4v) is 8.23. The van der Waals surface area contributed by atoms with E-state index in [9.17, 15) is 55.9 Å². The molecule has 0 saturated carbocycles. The Hall–Kier alpha value is -1.25. The molecule has 0 amide bonds. The predicted octanol–water partition coefficient (Wildman–Crippen LogP) is -1.01. The van der Waals surface area contributed by atoms with E-state index in [1.165, 1.54) is 27.9 Å². The fraction of sp³-hybridized carbons (Fsp3) is 0.976. The lowest BCUT2D eigenvalue weighted by molar-refractivity contribution is -0.388. The zero-order chi connectivity index (χ0) is 45.0. The summed E-state index contributed by atoms with van der Waals surface area (Å²) >= 11 is 0. The summed E-state index contributed by atoms with van der Waals surface area (Å²) in [5.41, 5.74) is 0. The summed E-state index contributed by atoms with van der Waals surface area (Å²) < 4.78 is 51.9. The summed E-state index contributed by atoms with van der Waals surface area (Å²) in [6.45, 7) is 5.89. The maximum absolute atomic E-state index is 11.3. The van der Waals surface area contributed by atoms with Crippen molar-refractivity contribution in [2.75, 3.05) is 13.7 Å². The highest BCUT2D eigenvalue weighted by Crippen LogP contribution is 2.35. The van der Waals surface area contributed by atoms with Gasteiger partial charge in [-0.05, 0) is 40.0 Å². The first-order chi connectivity index (χ1) is 29.0. The van der Waals surface area contributed by atoms with E-state index < -0.39 is 129 Å². The van der Waals surface area contributed by atoms with Crippen molar-refractivity contribution in [2.45, 2.75) is 240 Å². The molecular formula is C41H74O20. The normalized spacial score (nSPS) is 42.6. The summed E-state index contributed by atoms with van der Waals surface area (Å²) in [6.07, 6.45) is -18.5. The van der Waals surface area contributed by atoms with Gasteiger partial charge in [-0.15, -0.1) is 0 Å². The van der Waals surface area contributed by atoms with Gasteiger partial charge in [0.1, 0.15) is 79.4 Å². The standard InChI is InChI=1S/C41H74O20/c1-6-7-13-16-23(17-14-11-9-8-10-12-15-18-25(43)53-5)57-41-37(29(47)27(45)24(19-42)58-41)61-40-34(52)31(49)36(22(4)56-40)60-39-33(51)30(48)35(21(3)55-39)59-38-32(50)28(46)26(44)20(2)54-38/h20-24,26-42,44-52H,6-19H2,1-5H3/t20-,21-,22-,23-,24+,26-,27+,28+,29-,30-,31-,32+,33+,34+,35-,36-,37+,38-,39-,40-,41+/m0/s1. The van der Waals surface area contributed by atoms with Crippen LogP contribution in [0.25, 0.3) is 0 Å². The minimum atomic E-state index is -1.82. The van der Waals surface area contributed by atoms with E-state index in [1.807, 2.05) is 0 Å². The van der Waals surface area contributed by atoms with E-state index in [0.29, 0.717) is 19.3 Å². The van der Waals surface area contributed by atoms with E-state index in [2.05, 4.69) is 11.7 Å². The minimum absolute atomic E-state index is 0.202. The summed E-state index contributed by atoms with van der Waals surface area (Å²) in [4.78, 5) is 11.3. The Morgan fingerprint density at radius 2 is 0.951 bits per heavy atom. The summed E-state index contributed by atoms with van der Waals surface area (Å²) in [7, 11) is 1.38. The van der Waals surface area contributed by atoms with Gasteiger partial charge in [0.15, 0.2) is 25.2 Å². The zero-order valence-corrected chi connectivity index (χ0v) is 36.1. The van der Waals surface area contributed by atoms with Gasteiger partial charge in [-0.1, -0.05) is 64.7 Å². The minimum Gasteiger partial charge on any atom is -0.469 e. The maximum atomic E-state index is 11.3. The molecule has 0 spiro atoms. The van der Waals surface area contributed by atoms with Crippen molar-refractivity contribution >= 4 is 5.97 Å². The lowest BCUT2D eigenvalue weighted by Gasteiger charge is -2.48. The third-order valence-corrected chi connectivity index (χ3v) is 12.2. The van der Waals surface area contributed by atoms with Crippen molar-refractivity contribution in [3.05, 3.63) is 0 Å². The summed E-state index contributed by atoms with van der Waals surface area (Å²) in [5, 5.41) is 107. The quantitative estimate of drug-likeness (QED) is 0.0434. The van der Waals surface area contributed by atoms with Crippen LogP contribution in [0.15, 0.2) is 0 Å². The molecule has 0 radical (unpaired) electrons. The van der Waals surface area contributed by atoms with E-state index in [0.717, 1.165) is 64.2 Å². The van der Waals surface area contributed by atoms with Crippen LogP contribution in [-0.2, 0) is 47.4 Å². The number of carbonyl (C=O) groups is 1. The molecule has 20 nitrogen and oxygen atoms in total. The van der Waals surface area contributed by atoms with Gasteiger partial charge in [-0.25, -0.2) is 0 Å². The lowest BCUT2D eigenvalue weighted by atomic mass is 9.96. The molecule has 0 aromatic heterocycles. The number of methoxy groups -OCH3 is 1. The second kappa shape index (κ2) is 25.4. The van der Waals surface area contributed by atoms with Crippen LogP contribution in [0, 0.1) is 0 Å². The number of esters is 1. The SMILES string of the molecule is CCCCC[C@@H](CCCCCCCCCC(=O)OC)O[C@@H]1O[C@H](CO)[C@@H](O)[C@H](O)[C@H]1O[C@@H]1O[C@@H](C)[C@H](O[C@@H]2O[C@@H](C)[C@H](O[C@@H]3O[C@@H](C)[C@H](O)[C@@H](O)[C@H]3O)[C@@H](O)[C@H]2O)[C@@H](O)[C@H]1O. The van der Waals surface area contributed by atoms with Crippen LogP contribution in [0.3, 0.4) is 0 Å². The van der Waals surface area contributed by atoms with Crippen molar-refractivity contribution < 1.29 is 98.5 Å². The first-order valence-electron chi connectivity index (χ1n) is 22.1. The third kappa shape index (κ3) is 14.1. The number of aliphatic hydroxyl groups excluding tert-OH is 10. The number of ether oxygens (including phenoxy) is 9. The van der Waals surface area contributed by atoms with Crippen molar-refractivity contribution in [1.29, 1.82) is 0 Å². The Morgan fingerprint density at radius 1 is 0.508 bits per heavy atom. The van der Waals surface area contributed by atoms with Gasteiger partial charge < -0.3 is 93.7 Å². The Bertz CT molecular complexity index is 1250. The Balaban J connectivity index is 1.36. The van der Waals surface area contributed by atoms with E-state index in [1.54, 1.807) is 0 Å². The van der Waals surface area contributed by atoms with Crippen molar-refractivity contribution in [3.8, 4) is 0 Å². The smallest absolute Gasteiger partial charge is 0.305 e. The van der Waals surface area contributed by atoms with Crippen LogP contribution in [0.2, 0.25) is 0 Å².